The molecule has 4 heteroatoms. The lowest BCUT2D eigenvalue weighted by Crippen LogP contribution is -2.30. The van der Waals surface area contributed by atoms with E-state index in [9.17, 15) is 0 Å². The molecule has 1 heterocycles. The summed E-state index contributed by atoms with van der Waals surface area (Å²) < 4.78 is 5.09. The van der Waals surface area contributed by atoms with Crippen LogP contribution in [0.5, 0.6) is 0 Å². The molecular formula is C9H16N2OS. The second kappa shape index (κ2) is 5.29. The molecule has 0 aliphatic heterocycles. The summed E-state index contributed by atoms with van der Waals surface area (Å²) in [5.41, 5.74) is 5.95. The van der Waals surface area contributed by atoms with Gasteiger partial charge in [-0.15, -0.1) is 0 Å². The van der Waals surface area contributed by atoms with E-state index in [1.165, 1.54) is 0 Å². The molecule has 0 amide bonds. The van der Waals surface area contributed by atoms with Crippen molar-refractivity contribution in [2.45, 2.75) is 31.5 Å². The Morgan fingerprint density at radius 3 is 3.00 bits per heavy atom. The predicted octanol–water partition coefficient (Wildman–Crippen LogP) is 2.14. The first-order valence-electron chi connectivity index (χ1n) is 4.52. The highest BCUT2D eigenvalue weighted by molar-refractivity contribution is 7.99. The Hall–Kier alpha value is -0.480. The molecule has 0 fully saturated rings. The summed E-state index contributed by atoms with van der Waals surface area (Å²) >= 11 is 1.58. The quantitative estimate of drug-likeness (QED) is 0.740. The molecule has 13 heavy (non-hydrogen) atoms. The van der Waals surface area contributed by atoms with Crippen LogP contribution in [-0.4, -0.2) is 16.8 Å². The van der Waals surface area contributed by atoms with E-state index in [0.717, 1.165) is 12.2 Å². The first kappa shape index (κ1) is 10.6. The minimum atomic E-state index is 0.224. The molecule has 0 spiro atoms. The molecule has 1 aromatic rings. The van der Waals surface area contributed by atoms with Crippen LogP contribution < -0.4 is 5.73 Å². The first-order valence-corrected chi connectivity index (χ1v) is 5.50. The van der Waals surface area contributed by atoms with Crippen molar-refractivity contribution in [2.75, 3.05) is 5.75 Å². The topological polar surface area (TPSA) is 52.0 Å². The van der Waals surface area contributed by atoms with Crippen molar-refractivity contribution >= 4 is 11.8 Å². The Labute approximate surface area is 83.1 Å². The summed E-state index contributed by atoms with van der Waals surface area (Å²) in [6, 6.07) is 0.224. The van der Waals surface area contributed by atoms with Gasteiger partial charge in [0.25, 0.3) is 5.22 Å². The molecule has 0 aromatic carbocycles. The van der Waals surface area contributed by atoms with Crippen LogP contribution in [0, 0.1) is 5.92 Å². The third-order valence-corrected chi connectivity index (χ3v) is 3.18. The molecule has 2 atom stereocenters. The minimum Gasteiger partial charge on any atom is -0.440 e. The maximum Gasteiger partial charge on any atom is 0.255 e. The third kappa shape index (κ3) is 3.40. The van der Waals surface area contributed by atoms with Crippen LogP contribution in [0.25, 0.3) is 0 Å². The molecule has 1 aromatic heterocycles. The van der Waals surface area contributed by atoms with Crippen LogP contribution in [0.15, 0.2) is 22.1 Å². The average molecular weight is 200 g/mol. The van der Waals surface area contributed by atoms with Gasteiger partial charge in [-0.05, 0) is 5.92 Å². The second-order valence-corrected chi connectivity index (χ2v) is 4.13. The highest BCUT2D eigenvalue weighted by Crippen LogP contribution is 2.18. The molecule has 0 radical (unpaired) electrons. The molecule has 0 bridgehead atoms. The molecule has 74 valence electrons. The molecule has 2 N–H and O–H groups in total. The van der Waals surface area contributed by atoms with E-state index in [2.05, 4.69) is 18.8 Å². The SMILES string of the molecule is CCC(C)C(N)CSc1ncco1. The zero-order chi connectivity index (χ0) is 9.68. The number of nitrogens with two attached hydrogens (primary N) is 1. The van der Waals surface area contributed by atoms with E-state index >= 15 is 0 Å². The van der Waals surface area contributed by atoms with Crippen LogP contribution in [0.1, 0.15) is 20.3 Å². The van der Waals surface area contributed by atoms with E-state index in [4.69, 9.17) is 10.2 Å². The van der Waals surface area contributed by atoms with Crippen LogP contribution in [-0.2, 0) is 0 Å². The standard InChI is InChI=1S/C9H16N2OS/c1-3-7(2)8(10)6-13-9-11-4-5-12-9/h4-5,7-8H,3,6,10H2,1-2H3. The predicted molar refractivity (Wildman–Crippen MR) is 54.7 cm³/mol. The minimum absolute atomic E-state index is 0.224. The fourth-order valence-corrected chi connectivity index (χ4v) is 1.84. The molecule has 0 aliphatic rings. The summed E-state index contributed by atoms with van der Waals surface area (Å²) in [7, 11) is 0. The first-order chi connectivity index (χ1) is 6.24. The smallest absolute Gasteiger partial charge is 0.255 e. The van der Waals surface area contributed by atoms with Gasteiger partial charge in [-0.2, -0.15) is 0 Å². The van der Waals surface area contributed by atoms with Crippen molar-refractivity contribution in [3.63, 3.8) is 0 Å². The monoisotopic (exact) mass is 200 g/mol. The number of thioether (sulfide) groups is 1. The van der Waals surface area contributed by atoms with Gasteiger partial charge in [0.2, 0.25) is 0 Å². The van der Waals surface area contributed by atoms with Gasteiger partial charge in [-0.25, -0.2) is 4.98 Å². The fraction of sp³-hybridized carbons (Fsp3) is 0.667. The molecule has 3 nitrogen and oxygen atoms in total. The zero-order valence-electron chi connectivity index (χ0n) is 8.06. The van der Waals surface area contributed by atoms with Crippen molar-refractivity contribution in [1.29, 1.82) is 0 Å². The van der Waals surface area contributed by atoms with E-state index in [1.807, 2.05) is 0 Å². The lowest BCUT2D eigenvalue weighted by Gasteiger charge is -2.16. The van der Waals surface area contributed by atoms with Crippen LogP contribution in [0.3, 0.4) is 0 Å². The lowest BCUT2D eigenvalue weighted by molar-refractivity contribution is 0.448. The molecule has 2 unspecified atom stereocenters. The maximum atomic E-state index is 5.95. The van der Waals surface area contributed by atoms with Gasteiger partial charge in [0, 0.05) is 11.8 Å². The van der Waals surface area contributed by atoms with Gasteiger partial charge >= 0.3 is 0 Å². The van der Waals surface area contributed by atoms with Gasteiger partial charge in [0.15, 0.2) is 0 Å². The molecule has 0 saturated heterocycles. The summed E-state index contributed by atoms with van der Waals surface area (Å²) in [6.45, 7) is 4.32. The van der Waals surface area contributed by atoms with Crippen LogP contribution >= 0.6 is 11.8 Å². The second-order valence-electron chi connectivity index (χ2n) is 3.16. The Bertz CT molecular complexity index is 226. The van der Waals surface area contributed by atoms with E-state index < -0.39 is 0 Å². The molecular weight excluding hydrogens is 184 g/mol. The van der Waals surface area contributed by atoms with Gasteiger partial charge in [0.1, 0.15) is 6.26 Å². The van der Waals surface area contributed by atoms with Crippen LogP contribution in [0.4, 0.5) is 0 Å². The Kier molecular flexibility index (Phi) is 4.32. The maximum absolute atomic E-state index is 5.95. The van der Waals surface area contributed by atoms with Crippen LogP contribution in [0.2, 0.25) is 0 Å². The summed E-state index contributed by atoms with van der Waals surface area (Å²) in [6.07, 6.45) is 4.35. The van der Waals surface area contributed by atoms with Gasteiger partial charge in [-0.3, -0.25) is 0 Å². The Morgan fingerprint density at radius 1 is 1.69 bits per heavy atom. The molecule has 1 rings (SSSR count). The van der Waals surface area contributed by atoms with Crippen molar-refractivity contribution < 1.29 is 4.42 Å². The molecule has 0 saturated carbocycles. The van der Waals surface area contributed by atoms with Crippen molar-refractivity contribution in [1.82, 2.24) is 4.98 Å². The largest absolute Gasteiger partial charge is 0.440 e. The average Bonchev–Trinajstić information content (AvgIpc) is 2.65. The van der Waals surface area contributed by atoms with Crippen molar-refractivity contribution in [3.8, 4) is 0 Å². The van der Waals surface area contributed by atoms with E-state index in [-0.39, 0.29) is 6.04 Å². The van der Waals surface area contributed by atoms with Gasteiger partial charge < -0.3 is 10.2 Å². The summed E-state index contributed by atoms with van der Waals surface area (Å²) in [5.74, 6) is 1.43. The lowest BCUT2D eigenvalue weighted by atomic mass is 10.0. The number of hydrogen-bond donors (Lipinski definition) is 1. The van der Waals surface area contributed by atoms with E-state index in [0.29, 0.717) is 11.1 Å². The number of hydrogen-bond acceptors (Lipinski definition) is 4. The highest BCUT2D eigenvalue weighted by atomic mass is 32.2. The number of oxazole rings is 1. The summed E-state index contributed by atoms with van der Waals surface area (Å²) in [4.78, 5) is 4.01. The fourth-order valence-electron chi connectivity index (χ4n) is 0.916. The third-order valence-electron chi connectivity index (χ3n) is 2.18. The zero-order valence-corrected chi connectivity index (χ0v) is 8.88. The normalized spacial score (nSPS) is 15.6. The van der Waals surface area contributed by atoms with Crippen molar-refractivity contribution in [2.24, 2.45) is 11.7 Å². The number of nitrogens with zero attached hydrogens (tertiary/aromatic N) is 1. The number of aromatic nitrogens is 1. The van der Waals surface area contributed by atoms with E-state index in [1.54, 1.807) is 24.2 Å². The highest BCUT2D eigenvalue weighted by Gasteiger charge is 2.11. The van der Waals surface area contributed by atoms with Crippen molar-refractivity contribution in [3.05, 3.63) is 12.5 Å². The Morgan fingerprint density at radius 2 is 2.46 bits per heavy atom. The molecule has 0 aliphatic carbocycles. The Balaban J connectivity index is 2.26. The summed E-state index contributed by atoms with van der Waals surface area (Å²) in [5, 5.41) is 0.707. The number of rotatable bonds is 5. The van der Waals surface area contributed by atoms with Gasteiger partial charge in [-0.1, -0.05) is 32.0 Å². The van der Waals surface area contributed by atoms with Gasteiger partial charge in [0.05, 0.1) is 6.20 Å².